The first-order valence-electron chi connectivity index (χ1n) is 8.25. The molecule has 1 aromatic carbocycles. The Kier molecular flexibility index (Phi) is 4.40. The van der Waals surface area contributed by atoms with Crippen molar-refractivity contribution in [1.82, 2.24) is 35.1 Å². The van der Waals surface area contributed by atoms with Crippen molar-refractivity contribution < 1.29 is 4.79 Å². The SMILES string of the molecule is O=C(Cn1nnc2c(cnn2-c2ccccc2)c1=O)NCc1cccnc1. The number of fused-ring (bicyclic) bond motifs is 1. The van der Waals surface area contributed by atoms with Crippen LogP contribution < -0.4 is 10.9 Å². The van der Waals surface area contributed by atoms with Crippen molar-refractivity contribution in [3.63, 3.8) is 0 Å². The van der Waals surface area contributed by atoms with Crippen molar-refractivity contribution in [1.29, 1.82) is 0 Å². The molecule has 0 saturated heterocycles. The molecule has 0 unspecified atom stereocenters. The van der Waals surface area contributed by atoms with Crippen LogP contribution in [0.4, 0.5) is 0 Å². The second kappa shape index (κ2) is 7.16. The number of rotatable bonds is 5. The average Bonchev–Trinajstić information content (AvgIpc) is 3.15. The fourth-order valence-corrected chi connectivity index (χ4v) is 2.62. The van der Waals surface area contributed by atoms with Crippen LogP contribution in [0, 0.1) is 0 Å². The summed E-state index contributed by atoms with van der Waals surface area (Å²) in [5, 5.41) is 15.2. The highest BCUT2D eigenvalue weighted by molar-refractivity contribution is 5.77. The summed E-state index contributed by atoms with van der Waals surface area (Å²) in [6, 6.07) is 13.0. The van der Waals surface area contributed by atoms with E-state index in [1.54, 1.807) is 18.5 Å². The number of hydrogen-bond donors (Lipinski definition) is 1. The number of carbonyl (C=O) groups excluding carboxylic acids is 1. The van der Waals surface area contributed by atoms with Gasteiger partial charge in [0.2, 0.25) is 5.91 Å². The average molecular weight is 361 g/mol. The Bertz CT molecular complexity index is 1140. The number of nitrogens with zero attached hydrogens (tertiary/aromatic N) is 6. The quantitative estimate of drug-likeness (QED) is 0.560. The second-order valence-electron chi connectivity index (χ2n) is 5.82. The monoisotopic (exact) mass is 361 g/mol. The minimum atomic E-state index is -0.418. The van der Waals surface area contributed by atoms with E-state index in [0.717, 1.165) is 15.9 Å². The van der Waals surface area contributed by atoms with Crippen LogP contribution in [0.15, 0.2) is 65.8 Å². The molecule has 0 spiro atoms. The molecule has 0 bridgehead atoms. The summed E-state index contributed by atoms with van der Waals surface area (Å²) >= 11 is 0. The van der Waals surface area contributed by atoms with Crippen LogP contribution >= 0.6 is 0 Å². The summed E-state index contributed by atoms with van der Waals surface area (Å²) in [7, 11) is 0. The van der Waals surface area contributed by atoms with E-state index >= 15 is 0 Å². The van der Waals surface area contributed by atoms with Crippen LogP contribution in [0.2, 0.25) is 0 Å². The third-order valence-electron chi connectivity index (χ3n) is 3.96. The van der Waals surface area contributed by atoms with E-state index < -0.39 is 5.56 Å². The van der Waals surface area contributed by atoms with Gasteiger partial charge in [0.1, 0.15) is 11.9 Å². The van der Waals surface area contributed by atoms with Crippen LogP contribution in [-0.2, 0) is 17.9 Å². The molecule has 3 heterocycles. The van der Waals surface area contributed by atoms with Crippen molar-refractivity contribution in [2.24, 2.45) is 0 Å². The molecule has 0 aliphatic carbocycles. The maximum atomic E-state index is 12.6. The minimum absolute atomic E-state index is 0.224. The van der Waals surface area contributed by atoms with Crippen molar-refractivity contribution >= 4 is 16.9 Å². The molecule has 1 N–H and O–H groups in total. The topological polar surface area (TPSA) is 108 Å². The van der Waals surface area contributed by atoms with Gasteiger partial charge in [-0.3, -0.25) is 14.6 Å². The van der Waals surface area contributed by atoms with Gasteiger partial charge in [-0.25, -0.2) is 9.36 Å². The summed E-state index contributed by atoms with van der Waals surface area (Å²) in [6.45, 7) is 0.0988. The third-order valence-corrected chi connectivity index (χ3v) is 3.96. The van der Waals surface area contributed by atoms with Gasteiger partial charge in [0.15, 0.2) is 5.65 Å². The Balaban J connectivity index is 1.54. The van der Waals surface area contributed by atoms with Crippen molar-refractivity contribution in [3.05, 3.63) is 77.0 Å². The zero-order valence-corrected chi connectivity index (χ0v) is 14.2. The van der Waals surface area contributed by atoms with E-state index in [-0.39, 0.29) is 12.5 Å². The minimum Gasteiger partial charge on any atom is -0.350 e. The molecule has 0 aliphatic heterocycles. The number of hydrogen-bond acceptors (Lipinski definition) is 6. The zero-order valence-electron chi connectivity index (χ0n) is 14.2. The van der Waals surface area contributed by atoms with E-state index in [0.29, 0.717) is 17.6 Å². The second-order valence-corrected chi connectivity index (χ2v) is 5.82. The first kappa shape index (κ1) is 16.6. The fraction of sp³-hybridized carbons (Fsp3) is 0.111. The van der Waals surface area contributed by atoms with E-state index in [2.05, 4.69) is 25.7 Å². The molecule has 0 atom stereocenters. The van der Waals surface area contributed by atoms with Gasteiger partial charge in [0.05, 0.1) is 11.9 Å². The highest BCUT2D eigenvalue weighted by atomic mass is 16.2. The highest BCUT2D eigenvalue weighted by Crippen LogP contribution is 2.12. The van der Waals surface area contributed by atoms with Crippen LogP contribution in [-0.4, -0.2) is 35.7 Å². The lowest BCUT2D eigenvalue weighted by Gasteiger charge is -2.06. The van der Waals surface area contributed by atoms with Crippen molar-refractivity contribution in [3.8, 4) is 5.69 Å². The molecular weight excluding hydrogens is 346 g/mol. The highest BCUT2D eigenvalue weighted by Gasteiger charge is 2.14. The zero-order chi connectivity index (χ0) is 18.6. The maximum Gasteiger partial charge on any atom is 0.281 e. The normalized spacial score (nSPS) is 10.8. The third kappa shape index (κ3) is 3.43. The Morgan fingerprint density at radius 1 is 1.07 bits per heavy atom. The van der Waals surface area contributed by atoms with Gasteiger partial charge in [-0.1, -0.05) is 29.5 Å². The van der Waals surface area contributed by atoms with E-state index in [9.17, 15) is 9.59 Å². The van der Waals surface area contributed by atoms with E-state index in [4.69, 9.17) is 0 Å². The molecule has 9 heteroatoms. The molecule has 1 amide bonds. The van der Waals surface area contributed by atoms with E-state index in [1.165, 1.54) is 10.9 Å². The molecule has 3 aromatic heterocycles. The van der Waals surface area contributed by atoms with Gasteiger partial charge < -0.3 is 5.32 Å². The number of carbonyl (C=O) groups is 1. The number of benzene rings is 1. The Labute approximate surface area is 153 Å². The molecule has 4 aromatic rings. The molecule has 0 saturated carbocycles. The summed E-state index contributed by atoms with van der Waals surface area (Å²) in [4.78, 5) is 28.7. The molecule has 134 valence electrons. The predicted octanol–water partition coefficient (Wildman–Crippen LogP) is 0.689. The molecule has 0 aliphatic rings. The number of nitrogens with one attached hydrogen (secondary N) is 1. The summed E-state index contributed by atoms with van der Waals surface area (Å²) in [5.41, 5.74) is 1.56. The van der Waals surface area contributed by atoms with Gasteiger partial charge in [-0.05, 0) is 23.8 Å². The molecule has 9 nitrogen and oxygen atoms in total. The predicted molar refractivity (Wildman–Crippen MR) is 97.0 cm³/mol. The molecular formula is C18H15N7O2. The maximum absolute atomic E-state index is 12.6. The van der Waals surface area contributed by atoms with E-state index in [1.807, 2.05) is 36.4 Å². The van der Waals surface area contributed by atoms with Gasteiger partial charge in [-0.2, -0.15) is 5.10 Å². The standard InChI is InChI=1S/C18H15N7O2/c26-16(20-10-13-5-4-8-19-9-13)12-24-18(27)15-11-21-25(17(15)22-23-24)14-6-2-1-3-7-14/h1-9,11H,10,12H2,(H,20,26). The van der Waals surface area contributed by atoms with Crippen LogP contribution in [0.1, 0.15) is 5.56 Å². The van der Waals surface area contributed by atoms with Crippen LogP contribution in [0.3, 0.4) is 0 Å². The first-order valence-corrected chi connectivity index (χ1v) is 8.25. The smallest absolute Gasteiger partial charge is 0.281 e. The lowest BCUT2D eigenvalue weighted by Crippen LogP contribution is -2.34. The Hall–Kier alpha value is -3.88. The van der Waals surface area contributed by atoms with Gasteiger partial charge in [-0.15, -0.1) is 5.10 Å². The van der Waals surface area contributed by atoms with Crippen molar-refractivity contribution in [2.75, 3.05) is 0 Å². The largest absolute Gasteiger partial charge is 0.350 e. The Morgan fingerprint density at radius 2 is 1.93 bits per heavy atom. The van der Waals surface area contributed by atoms with Crippen LogP contribution in [0.5, 0.6) is 0 Å². The van der Waals surface area contributed by atoms with Gasteiger partial charge in [0, 0.05) is 18.9 Å². The number of amides is 1. The van der Waals surface area contributed by atoms with Crippen molar-refractivity contribution in [2.45, 2.75) is 13.1 Å². The lowest BCUT2D eigenvalue weighted by molar-refractivity contribution is -0.122. The summed E-state index contributed by atoms with van der Waals surface area (Å²) < 4.78 is 2.56. The van der Waals surface area contributed by atoms with Crippen LogP contribution in [0.25, 0.3) is 16.7 Å². The fourth-order valence-electron chi connectivity index (χ4n) is 2.62. The van der Waals surface area contributed by atoms with Gasteiger partial charge in [0.25, 0.3) is 5.56 Å². The number of aromatic nitrogens is 6. The Morgan fingerprint density at radius 3 is 2.70 bits per heavy atom. The van der Waals surface area contributed by atoms with Gasteiger partial charge >= 0.3 is 0 Å². The lowest BCUT2D eigenvalue weighted by atomic mass is 10.3. The molecule has 0 fully saturated rings. The molecule has 27 heavy (non-hydrogen) atoms. The summed E-state index contributed by atoms with van der Waals surface area (Å²) in [6.07, 6.45) is 4.75. The first-order chi connectivity index (χ1) is 13.2. The molecule has 0 radical (unpaired) electrons. The summed E-state index contributed by atoms with van der Waals surface area (Å²) in [5.74, 6) is -0.343. The number of para-hydroxylation sites is 1. The number of pyridine rings is 1. The molecule has 4 rings (SSSR count).